The molecule has 6 nitrogen and oxygen atoms in total. The molecule has 0 unspecified atom stereocenters. The zero-order valence-corrected chi connectivity index (χ0v) is 14.2. The number of methoxy groups -OCH3 is 1. The number of hydrogen-bond donors (Lipinski definition) is 2. The molecule has 0 aliphatic heterocycles. The van der Waals surface area contributed by atoms with Crippen LogP contribution < -0.4 is 5.32 Å². The van der Waals surface area contributed by atoms with Crippen molar-refractivity contribution in [3.05, 3.63) is 65.2 Å². The molecule has 132 valence electrons. The summed E-state index contributed by atoms with van der Waals surface area (Å²) in [5.41, 5.74) is 2.48. The smallest absolute Gasteiger partial charge is 0.408 e. The summed E-state index contributed by atoms with van der Waals surface area (Å²) in [6, 6.07) is 13.2. The van der Waals surface area contributed by atoms with Gasteiger partial charge in [-0.2, -0.15) is 0 Å². The Bertz CT molecular complexity index is 730. The van der Waals surface area contributed by atoms with Crippen LogP contribution in [0, 0.1) is 6.92 Å². The van der Waals surface area contributed by atoms with Gasteiger partial charge in [0.05, 0.1) is 7.11 Å². The Kier molecular flexibility index (Phi) is 6.39. The molecule has 6 heteroatoms. The van der Waals surface area contributed by atoms with E-state index < -0.39 is 18.1 Å². The van der Waals surface area contributed by atoms with Crippen LogP contribution in [0.1, 0.15) is 16.7 Å². The number of nitrogens with one attached hydrogen (secondary N) is 1. The highest BCUT2D eigenvalue weighted by Gasteiger charge is 2.23. The van der Waals surface area contributed by atoms with Crippen molar-refractivity contribution < 1.29 is 24.2 Å². The highest BCUT2D eigenvalue weighted by atomic mass is 16.6. The zero-order valence-electron chi connectivity index (χ0n) is 14.2. The van der Waals surface area contributed by atoms with Gasteiger partial charge in [-0.3, -0.25) is 0 Å². The molecule has 0 aromatic heterocycles. The highest BCUT2D eigenvalue weighted by Crippen LogP contribution is 2.17. The third-order valence-corrected chi connectivity index (χ3v) is 3.74. The molecule has 2 rings (SSSR count). The van der Waals surface area contributed by atoms with Gasteiger partial charge in [0.15, 0.2) is 0 Å². The van der Waals surface area contributed by atoms with E-state index in [0.29, 0.717) is 0 Å². The van der Waals surface area contributed by atoms with Crippen molar-refractivity contribution in [3.63, 3.8) is 0 Å². The van der Waals surface area contributed by atoms with Crippen molar-refractivity contribution in [1.29, 1.82) is 0 Å². The molecule has 0 saturated carbocycles. The van der Waals surface area contributed by atoms with Crippen LogP contribution in [0.25, 0.3) is 0 Å². The van der Waals surface area contributed by atoms with Gasteiger partial charge in [0.25, 0.3) is 0 Å². The second kappa shape index (κ2) is 8.73. The summed E-state index contributed by atoms with van der Waals surface area (Å²) in [5, 5.41) is 12.0. The number of amides is 1. The molecule has 0 spiro atoms. The van der Waals surface area contributed by atoms with Crippen LogP contribution in [-0.4, -0.2) is 30.3 Å². The lowest BCUT2D eigenvalue weighted by atomic mass is 10.0. The van der Waals surface area contributed by atoms with E-state index in [9.17, 15) is 14.7 Å². The maximum Gasteiger partial charge on any atom is 0.408 e. The van der Waals surface area contributed by atoms with E-state index in [1.54, 1.807) is 12.1 Å². The molecule has 0 aliphatic carbocycles. The van der Waals surface area contributed by atoms with Crippen LogP contribution in [0.2, 0.25) is 0 Å². The lowest BCUT2D eigenvalue weighted by Crippen LogP contribution is -2.43. The van der Waals surface area contributed by atoms with E-state index >= 15 is 0 Å². The lowest BCUT2D eigenvalue weighted by Gasteiger charge is -2.17. The van der Waals surface area contributed by atoms with Crippen LogP contribution in [-0.2, 0) is 27.3 Å². The first kappa shape index (κ1) is 18.3. The number of phenolic OH excluding ortho intramolecular Hbond substituents is 1. The molecule has 0 radical (unpaired) electrons. The second-order valence-corrected chi connectivity index (χ2v) is 5.60. The van der Waals surface area contributed by atoms with Gasteiger partial charge < -0.3 is 19.9 Å². The van der Waals surface area contributed by atoms with Crippen LogP contribution in [0.5, 0.6) is 5.75 Å². The van der Waals surface area contributed by atoms with Crippen molar-refractivity contribution in [2.24, 2.45) is 0 Å². The molecule has 0 saturated heterocycles. The molecule has 1 atom stereocenters. The molecule has 25 heavy (non-hydrogen) atoms. The third-order valence-electron chi connectivity index (χ3n) is 3.74. The second-order valence-electron chi connectivity index (χ2n) is 5.60. The first-order chi connectivity index (χ1) is 12.0. The summed E-state index contributed by atoms with van der Waals surface area (Å²) in [5.74, 6) is -0.421. The van der Waals surface area contributed by atoms with E-state index in [0.717, 1.165) is 16.7 Å². The zero-order chi connectivity index (χ0) is 18.2. The van der Waals surface area contributed by atoms with E-state index in [-0.39, 0.29) is 18.8 Å². The summed E-state index contributed by atoms with van der Waals surface area (Å²) in [7, 11) is 1.26. The number of esters is 1. The first-order valence-corrected chi connectivity index (χ1v) is 7.83. The molecular weight excluding hydrogens is 322 g/mol. The van der Waals surface area contributed by atoms with E-state index in [1.807, 2.05) is 37.3 Å². The van der Waals surface area contributed by atoms with Crippen molar-refractivity contribution in [2.75, 3.05) is 7.11 Å². The van der Waals surface area contributed by atoms with Gasteiger partial charge >= 0.3 is 12.1 Å². The van der Waals surface area contributed by atoms with Crippen LogP contribution in [0.3, 0.4) is 0 Å². The predicted octanol–water partition coefficient (Wildman–Crippen LogP) is 2.71. The molecule has 1 amide bonds. The number of hydrogen-bond acceptors (Lipinski definition) is 5. The van der Waals surface area contributed by atoms with Crippen molar-refractivity contribution in [2.45, 2.75) is 26.0 Å². The fraction of sp³-hybridized carbons (Fsp3) is 0.263. The van der Waals surface area contributed by atoms with Gasteiger partial charge in [-0.25, -0.2) is 9.59 Å². The van der Waals surface area contributed by atoms with Crippen molar-refractivity contribution >= 4 is 12.1 Å². The standard InChI is InChI=1S/C19H21NO5/c1-13-10-16(21)9-8-15(13)11-17(18(22)24-2)20-19(23)25-12-14-6-4-3-5-7-14/h3-10,17,21H,11-12H2,1-2H3,(H,20,23)/t17-/m0/s1. The van der Waals surface area contributed by atoms with E-state index in [2.05, 4.69) is 5.32 Å². The van der Waals surface area contributed by atoms with Gasteiger partial charge in [0.1, 0.15) is 18.4 Å². The minimum atomic E-state index is -0.878. The molecule has 0 aliphatic rings. The molecular formula is C19H21NO5. The summed E-state index contributed by atoms with van der Waals surface area (Å²) >= 11 is 0. The Labute approximate surface area is 146 Å². The molecule has 2 aromatic rings. The maximum absolute atomic E-state index is 12.0. The minimum Gasteiger partial charge on any atom is -0.508 e. The van der Waals surface area contributed by atoms with Gasteiger partial charge in [-0.05, 0) is 35.7 Å². The average Bonchev–Trinajstić information content (AvgIpc) is 2.61. The maximum atomic E-state index is 12.0. The number of alkyl carbamates (subject to hydrolysis) is 1. The Morgan fingerprint density at radius 2 is 1.88 bits per heavy atom. The van der Waals surface area contributed by atoms with Gasteiger partial charge in [0, 0.05) is 6.42 Å². The number of ether oxygens (including phenoxy) is 2. The number of phenols is 1. The van der Waals surface area contributed by atoms with Crippen LogP contribution in [0.4, 0.5) is 4.79 Å². The van der Waals surface area contributed by atoms with E-state index in [1.165, 1.54) is 13.2 Å². The summed E-state index contributed by atoms with van der Waals surface area (Å²) < 4.78 is 9.90. The van der Waals surface area contributed by atoms with Gasteiger partial charge in [-0.15, -0.1) is 0 Å². The fourth-order valence-electron chi connectivity index (χ4n) is 2.37. The summed E-state index contributed by atoms with van der Waals surface area (Å²) in [4.78, 5) is 24.0. The van der Waals surface area contributed by atoms with Crippen molar-refractivity contribution in [1.82, 2.24) is 5.32 Å². The average molecular weight is 343 g/mol. The Morgan fingerprint density at radius 1 is 1.16 bits per heavy atom. The lowest BCUT2D eigenvalue weighted by molar-refractivity contribution is -0.143. The number of benzene rings is 2. The normalized spacial score (nSPS) is 11.4. The molecule has 0 heterocycles. The van der Waals surface area contributed by atoms with Crippen LogP contribution in [0.15, 0.2) is 48.5 Å². The number of aromatic hydroxyl groups is 1. The summed E-state index contributed by atoms with van der Waals surface area (Å²) in [6.45, 7) is 1.93. The Hall–Kier alpha value is -3.02. The molecule has 0 bridgehead atoms. The number of rotatable bonds is 6. The monoisotopic (exact) mass is 343 g/mol. The Morgan fingerprint density at radius 3 is 2.52 bits per heavy atom. The largest absolute Gasteiger partial charge is 0.508 e. The van der Waals surface area contributed by atoms with Gasteiger partial charge in [-0.1, -0.05) is 36.4 Å². The number of carbonyl (C=O) groups excluding carboxylic acids is 2. The fourth-order valence-corrected chi connectivity index (χ4v) is 2.37. The molecule has 2 N–H and O–H groups in total. The quantitative estimate of drug-likeness (QED) is 0.788. The molecule has 2 aromatic carbocycles. The Balaban J connectivity index is 1.99. The van der Waals surface area contributed by atoms with Gasteiger partial charge in [0.2, 0.25) is 0 Å². The SMILES string of the molecule is COC(=O)[C@H](Cc1ccc(O)cc1C)NC(=O)OCc1ccccc1. The predicted molar refractivity (Wildman–Crippen MR) is 92.1 cm³/mol. The first-order valence-electron chi connectivity index (χ1n) is 7.83. The minimum absolute atomic E-state index is 0.110. The third kappa shape index (κ3) is 5.53. The highest BCUT2D eigenvalue weighted by molar-refractivity contribution is 5.81. The van der Waals surface area contributed by atoms with E-state index in [4.69, 9.17) is 9.47 Å². The van der Waals surface area contributed by atoms with Crippen molar-refractivity contribution in [3.8, 4) is 5.75 Å². The number of carbonyl (C=O) groups is 2. The summed E-state index contributed by atoms with van der Waals surface area (Å²) in [6.07, 6.45) is -0.463. The topological polar surface area (TPSA) is 84.9 Å². The molecule has 0 fully saturated rings. The van der Waals surface area contributed by atoms with Crippen LogP contribution >= 0.6 is 0 Å². The number of aryl methyl sites for hydroxylation is 1.